The number of carboxylic acid groups (broad SMARTS) is 1. The topological polar surface area (TPSA) is 62.5 Å². The van der Waals surface area contributed by atoms with E-state index < -0.39 is 12.0 Å². The Morgan fingerprint density at radius 3 is 3.00 bits per heavy atom. The number of hydrogen-bond acceptors (Lipinski definition) is 5. The summed E-state index contributed by atoms with van der Waals surface area (Å²) in [6.07, 6.45) is 0. The van der Waals surface area contributed by atoms with Crippen LogP contribution >= 0.6 is 34.7 Å². The average molecular weight is 299 g/mol. The minimum atomic E-state index is -0.892. The van der Waals surface area contributed by atoms with Gasteiger partial charge in [0, 0.05) is 5.75 Å². The molecule has 0 bridgehead atoms. The Hall–Kier alpha value is -1.11. The van der Waals surface area contributed by atoms with E-state index in [0.29, 0.717) is 15.8 Å². The van der Waals surface area contributed by atoms with Crippen molar-refractivity contribution in [2.75, 3.05) is 5.75 Å². The molecule has 1 aromatic heterocycles. The Labute approximate surface area is 116 Å². The van der Waals surface area contributed by atoms with Crippen molar-refractivity contribution in [1.82, 2.24) is 4.98 Å². The van der Waals surface area contributed by atoms with Gasteiger partial charge in [-0.1, -0.05) is 17.7 Å². The number of aliphatic imine (C=N–C) groups is 1. The number of fused-ring (bicyclic) bond motifs is 1. The third-order valence-electron chi connectivity index (χ3n) is 2.49. The second kappa shape index (κ2) is 4.53. The van der Waals surface area contributed by atoms with Gasteiger partial charge in [0.25, 0.3) is 0 Å². The van der Waals surface area contributed by atoms with Crippen LogP contribution in [0.4, 0.5) is 0 Å². The summed E-state index contributed by atoms with van der Waals surface area (Å²) in [5.41, 5.74) is 0.824. The van der Waals surface area contributed by atoms with Gasteiger partial charge in [-0.25, -0.2) is 9.78 Å². The first-order valence-electron chi connectivity index (χ1n) is 5.14. The molecule has 0 saturated heterocycles. The summed E-state index contributed by atoms with van der Waals surface area (Å²) >= 11 is 8.96. The van der Waals surface area contributed by atoms with Crippen molar-refractivity contribution in [1.29, 1.82) is 0 Å². The molecule has 18 heavy (non-hydrogen) atoms. The predicted octanol–water partition coefficient (Wildman–Crippen LogP) is 2.90. The fraction of sp³-hybridized carbons (Fsp3) is 0.182. The highest BCUT2D eigenvalue weighted by Gasteiger charge is 2.26. The molecule has 2 aromatic rings. The number of rotatable bonds is 2. The number of thiazole rings is 1. The number of aliphatic carboxylic acids is 1. The smallest absolute Gasteiger partial charge is 0.329 e. The van der Waals surface area contributed by atoms with Crippen LogP contribution in [0.5, 0.6) is 0 Å². The van der Waals surface area contributed by atoms with E-state index >= 15 is 0 Å². The van der Waals surface area contributed by atoms with Crippen LogP contribution in [-0.4, -0.2) is 32.9 Å². The Kier molecular flexibility index (Phi) is 3.01. The second-order valence-corrected chi connectivity index (χ2v) is 6.12. The van der Waals surface area contributed by atoms with Crippen LogP contribution in [0, 0.1) is 0 Å². The summed E-state index contributed by atoms with van der Waals surface area (Å²) in [7, 11) is 0. The van der Waals surface area contributed by atoms with E-state index in [0.717, 1.165) is 15.2 Å². The Morgan fingerprint density at radius 2 is 2.33 bits per heavy atom. The van der Waals surface area contributed by atoms with Gasteiger partial charge in [-0.05, 0) is 12.1 Å². The zero-order valence-corrected chi connectivity index (χ0v) is 11.3. The van der Waals surface area contributed by atoms with Crippen molar-refractivity contribution in [2.45, 2.75) is 6.04 Å². The number of thioether (sulfide) groups is 1. The van der Waals surface area contributed by atoms with Gasteiger partial charge in [0.2, 0.25) is 0 Å². The SMILES string of the molecule is O=C(O)C1CSC(c2nc3cccc(Cl)c3s2)=N1. The quantitative estimate of drug-likeness (QED) is 0.926. The molecule has 1 aliphatic heterocycles. The maximum Gasteiger partial charge on any atom is 0.329 e. The zero-order chi connectivity index (χ0) is 12.7. The average Bonchev–Trinajstić information content (AvgIpc) is 2.95. The van der Waals surface area contributed by atoms with Gasteiger partial charge in [-0.15, -0.1) is 23.1 Å². The molecule has 1 aromatic carbocycles. The normalized spacial score (nSPS) is 19.2. The summed E-state index contributed by atoms with van der Waals surface area (Å²) in [5.74, 6) is -0.425. The number of carboxylic acids is 1. The second-order valence-electron chi connectivity index (χ2n) is 3.71. The summed E-state index contributed by atoms with van der Waals surface area (Å²) < 4.78 is 0.913. The molecule has 0 radical (unpaired) electrons. The van der Waals surface area contributed by atoms with E-state index in [4.69, 9.17) is 16.7 Å². The molecule has 1 atom stereocenters. The molecule has 0 saturated carbocycles. The van der Waals surface area contributed by atoms with Crippen molar-refractivity contribution >= 4 is 55.9 Å². The van der Waals surface area contributed by atoms with E-state index in [-0.39, 0.29) is 0 Å². The van der Waals surface area contributed by atoms with Crippen molar-refractivity contribution in [3.05, 3.63) is 28.2 Å². The predicted molar refractivity (Wildman–Crippen MR) is 75.0 cm³/mol. The molecule has 0 spiro atoms. The number of halogens is 1. The standard InChI is InChI=1S/C11H7ClN2O2S2/c12-5-2-1-3-6-8(5)18-10(13-6)9-14-7(4-17-9)11(15)16/h1-3,7H,4H2,(H,15,16). The number of hydrogen-bond donors (Lipinski definition) is 1. The molecule has 0 aliphatic carbocycles. The Balaban J connectivity index is 2.03. The summed E-state index contributed by atoms with van der Waals surface area (Å²) in [4.78, 5) is 19.5. The highest BCUT2D eigenvalue weighted by molar-refractivity contribution is 8.15. The van der Waals surface area contributed by atoms with E-state index in [1.807, 2.05) is 18.2 Å². The van der Waals surface area contributed by atoms with Gasteiger partial charge < -0.3 is 5.11 Å². The van der Waals surface area contributed by atoms with Crippen LogP contribution in [0.3, 0.4) is 0 Å². The van der Waals surface area contributed by atoms with E-state index in [1.165, 1.54) is 23.1 Å². The number of aromatic nitrogens is 1. The molecule has 7 heteroatoms. The van der Waals surface area contributed by atoms with E-state index in [2.05, 4.69) is 9.98 Å². The first-order chi connectivity index (χ1) is 8.65. The van der Waals surface area contributed by atoms with Crippen molar-refractivity contribution < 1.29 is 9.90 Å². The summed E-state index contributed by atoms with van der Waals surface area (Å²) in [6.45, 7) is 0. The first-order valence-corrected chi connectivity index (χ1v) is 7.32. The van der Waals surface area contributed by atoms with Crippen LogP contribution in [0.2, 0.25) is 5.02 Å². The fourth-order valence-corrected chi connectivity index (χ4v) is 3.98. The molecule has 1 unspecified atom stereocenters. The van der Waals surface area contributed by atoms with Gasteiger partial charge >= 0.3 is 5.97 Å². The highest BCUT2D eigenvalue weighted by atomic mass is 35.5. The molecule has 0 fully saturated rings. The van der Waals surface area contributed by atoms with Crippen LogP contribution in [-0.2, 0) is 4.79 Å². The molecular weight excluding hydrogens is 292 g/mol. The lowest BCUT2D eigenvalue weighted by Gasteiger charge is -1.93. The van der Waals surface area contributed by atoms with Crippen molar-refractivity contribution in [3.63, 3.8) is 0 Å². The zero-order valence-electron chi connectivity index (χ0n) is 8.96. The molecular formula is C11H7ClN2O2S2. The third-order valence-corrected chi connectivity index (χ3v) is 5.21. The monoisotopic (exact) mass is 298 g/mol. The van der Waals surface area contributed by atoms with Crippen molar-refractivity contribution in [2.24, 2.45) is 4.99 Å². The van der Waals surface area contributed by atoms with E-state index in [1.54, 1.807) is 0 Å². The van der Waals surface area contributed by atoms with Gasteiger partial charge in [-0.2, -0.15) is 0 Å². The number of carbonyl (C=O) groups is 1. The molecule has 2 heterocycles. The maximum absolute atomic E-state index is 10.8. The Morgan fingerprint density at radius 1 is 1.50 bits per heavy atom. The molecule has 1 N–H and O–H groups in total. The van der Waals surface area contributed by atoms with Gasteiger partial charge in [0.05, 0.1) is 15.2 Å². The van der Waals surface area contributed by atoms with Crippen LogP contribution in [0.1, 0.15) is 5.01 Å². The van der Waals surface area contributed by atoms with Crippen molar-refractivity contribution in [3.8, 4) is 0 Å². The van der Waals surface area contributed by atoms with Crippen LogP contribution in [0.25, 0.3) is 10.2 Å². The van der Waals surface area contributed by atoms with Crippen LogP contribution < -0.4 is 0 Å². The lowest BCUT2D eigenvalue weighted by Crippen LogP contribution is -2.17. The fourth-order valence-electron chi connectivity index (χ4n) is 1.62. The molecule has 3 rings (SSSR count). The summed E-state index contributed by atoms with van der Waals surface area (Å²) in [6, 6.07) is 4.89. The van der Waals surface area contributed by atoms with Gasteiger partial charge in [0.1, 0.15) is 10.1 Å². The maximum atomic E-state index is 10.8. The number of nitrogens with zero attached hydrogens (tertiary/aromatic N) is 2. The van der Waals surface area contributed by atoms with E-state index in [9.17, 15) is 4.79 Å². The summed E-state index contributed by atoms with van der Waals surface area (Å²) in [5, 5.41) is 11.0. The van der Waals surface area contributed by atoms with Gasteiger partial charge in [-0.3, -0.25) is 4.99 Å². The molecule has 1 aliphatic rings. The molecule has 92 valence electrons. The minimum Gasteiger partial charge on any atom is -0.480 e. The van der Waals surface area contributed by atoms with Gasteiger partial charge in [0.15, 0.2) is 6.04 Å². The molecule has 4 nitrogen and oxygen atoms in total. The first kappa shape index (κ1) is 12.0. The number of benzene rings is 1. The Bertz CT molecular complexity index is 668. The minimum absolute atomic E-state index is 0.467. The third kappa shape index (κ3) is 2.00. The lowest BCUT2D eigenvalue weighted by atomic mass is 10.3. The largest absolute Gasteiger partial charge is 0.480 e. The molecule has 0 amide bonds. The lowest BCUT2D eigenvalue weighted by molar-refractivity contribution is -0.137. The highest BCUT2D eigenvalue weighted by Crippen LogP contribution is 2.33. The van der Waals surface area contributed by atoms with Crippen LogP contribution in [0.15, 0.2) is 23.2 Å².